The van der Waals surface area contributed by atoms with Crippen molar-refractivity contribution in [1.29, 1.82) is 5.26 Å². The van der Waals surface area contributed by atoms with Gasteiger partial charge in [0.15, 0.2) is 5.78 Å². The molecule has 2 aliphatic heterocycles. The molecule has 4 rings (SSSR count). The number of rotatable bonds is 6. The quantitative estimate of drug-likeness (QED) is 0.469. The van der Waals surface area contributed by atoms with E-state index >= 15 is 0 Å². The summed E-state index contributed by atoms with van der Waals surface area (Å²) in [5, 5.41) is 13.8. The Bertz CT molecular complexity index is 1100. The molecule has 6 heteroatoms. The second-order valence-electron chi connectivity index (χ2n) is 10.9. The third-order valence-corrected chi connectivity index (χ3v) is 7.06. The molecule has 1 atom stereocenters. The molecule has 0 bridgehead atoms. The number of Topliss-reactive ketones (excluding diaryl/α,β-unsaturated/α-hetero) is 1. The molecule has 34 heavy (non-hydrogen) atoms. The van der Waals surface area contributed by atoms with Crippen LogP contribution in [-0.4, -0.2) is 30.1 Å². The van der Waals surface area contributed by atoms with Gasteiger partial charge in [-0.15, -0.1) is 0 Å². The molecule has 180 valence electrons. The first-order chi connectivity index (χ1) is 16.1. The third kappa shape index (κ3) is 5.63. The predicted molar refractivity (Wildman–Crippen MR) is 134 cm³/mol. The lowest BCUT2D eigenvalue weighted by atomic mass is 9.74. The number of benzene rings is 2. The molecule has 2 fully saturated rings. The average molecular weight is 481 g/mol. The SMILES string of the molecule is CC1(C)CC(CC(=O)c2ccc(Oc3cccc(C4CCOC4)c3C#N)c(Cl)c2)CC(C)(C)N1. The van der Waals surface area contributed by atoms with Crippen LogP contribution in [0.1, 0.15) is 80.8 Å². The fourth-order valence-corrected chi connectivity index (χ4v) is 6.03. The van der Waals surface area contributed by atoms with Crippen LogP contribution < -0.4 is 10.1 Å². The third-order valence-electron chi connectivity index (χ3n) is 6.76. The maximum Gasteiger partial charge on any atom is 0.163 e. The van der Waals surface area contributed by atoms with Gasteiger partial charge in [0, 0.05) is 35.6 Å². The summed E-state index contributed by atoms with van der Waals surface area (Å²) in [6.07, 6.45) is 3.29. The Labute approximate surface area is 207 Å². The maximum absolute atomic E-state index is 13.1. The van der Waals surface area contributed by atoms with Crippen LogP contribution in [0.4, 0.5) is 0 Å². The molecule has 0 radical (unpaired) electrons. The first-order valence-electron chi connectivity index (χ1n) is 12.0. The van der Waals surface area contributed by atoms with Crippen LogP contribution in [0.25, 0.3) is 0 Å². The van der Waals surface area contributed by atoms with E-state index in [9.17, 15) is 10.1 Å². The number of ether oxygens (including phenoxy) is 2. The lowest BCUT2D eigenvalue weighted by Crippen LogP contribution is -2.57. The van der Waals surface area contributed by atoms with Crippen molar-refractivity contribution in [2.24, 2.45) is 5.92 Å². The monoisotopic (exact) mass is 480 g/mol. The van der Waals surface area contributed by atoms with Gasteiger partial charge in [-0.2, -0.15) is 5.26 Å². The minimum absolute atomic E-state index is 0.000349. The molecule has 2 aromatic carbocycles. The van der Waals surface area contributed by atoms with E-state index in [2.05, 4.69) is 39.1 Å². The highest BCUT2D eigenvalue weighted by atomic mass is 35.5. The summed E-state index contributed by atoms with van der Waals surface area (Å²) in [7, 11) is 0. The summed E-state index contributed by atoms with van der Waals surface area (Å²) in [4.78, 5) is 13.1. The number of piperidine rings is 1. The smallest absolute Gasteiger partial charge is 0.163 e. The van der Waals surface area contributed by atoms with Gasteiger partial charge in [-0.25, -0.2) is 0 Å². The zero-order valence-corrected chi connectivity index (χ0v) is 21.2. The first-order valence-corrected chi connectivity index (χ1v) is 12.4. The van der Waals surface area contributed by atoms with E-state index in [4.69, 9.17) is 21.1 Å². The van der Waals surface area contributed by atoms with Crippen LogP contribution in [0, 0.1) is 17.2 Å². The summed E-state index contributed by atoms with van der Waals surface area (Å²) in [5.41, 5.74) is 2.03. The van der Waals surface area contributed by atoms with Crippen molar-refractivity contribution in [3.63, 3.8) is 0 Å². The van der Waals surface area contributed by atoms with Gasteiger partial charge in [0.05, 0.1) is 17.2 Å². The molecule has 0 aromatic heterocycles. The Kier molecular flexibility index (Phi) is 7.05. The summed E-state index contributed by atoms with van der Waals surface area (Å²) in [6, 6.07) is 13.1. The normalized spacial score (nSPS) is 21.7. The van der Waals surface area contributed by atoms with Crippen molar-refractivity contribution in [2.45, 2.75) is 70.4 Å². The summed E-state index contributed by atoms with van der Waals surface area (Å²) >= 11 is 6.53. The van der Waals surface area contributed by atoms with Crippen molar-refractivity contribution in [3.05, 3.63) is 58.1 Å². The number of ketones is 1. The summed E-state index contributed by atoms with van der Waals surface area (Å²) < 4.78 is 11.6. The Hall–Kier alpha value is -2.39. The highest BCUT2D eigenvalue weighted by molar-refractivity contribution is 6.32. The summed E-state index contributed by atoms with van der Waals surface area (Å²) in [5.74, 6) is 1.49. The number of nitrogens with one attached hydrogen (secondary N) is 1. The van der Waals surface area contributed by atoms with Crippen molar-refractivity contribution >= 4 is 17.4 Å². The van der Waals surface area contributed by atoms with Gasteiger partial charge in [0.2, 0.25) is 0 Å². The van der Waals surface area contributed by atoms with Crippen molar-refractivity contribution in [3.8, 4) is 17.6 Å². The van der Waals surface area contributed by atoms with Gasteiger partial charge < -0.3 is 14.8 Å². The van der Waals surface area contributed by atoms with E-state index in [1.807, 2.05) is 12.1 Å². The van der Waals surface area contributed by atoms with Gasteiger partial charge in [0.1, 0.15) is 17.6 Å². The molecule has 1 N–H and O–H groups in total. The topological polar surface area (TPSA) is 71.3 Å². The second kappa shape index (κ2) is 9.70. The van der Waals surface area contributed by atoms with E-state index in [1.54, 1.807) is 24.3 Å². The molecule has 0 aliphatic carbocycles. The summed E-state index contributed by atoms with van der Waals surface area (Å²) in [6.45, 7) is 10.1. The minimum Gasteiger partial charge on any atom is -0.454 e. The fourth-order valence-electron chi connectivity index (χ4n) is 5.81. The Morgan fingerprint density at radius 1 is 1.18 bits per heavy atom. The molecule has 2 aromatic rings. The van der Waals surface area contributed by atoms with E-state index in [0.717, 1.165) is 24.8 Å². The molecule has 0 spiro atoms. The van der Waals surface area contributed by atoms with Crippen LogP contribution in [0.3, 0.4) is 0 Å². The molecular weight excluding hydrogens is 448 g/mol. The molecule has 0 saturated carbocycles. The van der Waals surface area contributed by atoms with E-state index < -0.39 is 0 Å². The van der Waals surface area contributed by atoms with Crippen molar-refractivity contribution in [2.75, 3.05) is 13.2 Å². The molecule has 0 amide bonds. The van der Waals surface area contributed by atoms with Gasteiger partial charge >= 0.3 is 0 Å². The highest BCUT2D eigenvalue weighted by Gasteiger charge is 2.38. The van der Waals surface area contributed by atoms with E-state index in [-0.39, 0.29) is 22.8 Å². The fraction of sp³-hybridized carbons (Fsp3) is 0.500. The van der Waals surface area contributed by atoms with Gasteiger partial charge in [0.25, 0.3) is 0 Å². The number of hydrogen-bond acceptors (Lipinski definition) is 5. The predicted octanol–water partition coefficient (Wildman–Crippen LogP) is 6.64. The van der Waals surface area contributed by atoms with Crippen LogP contribution in [-0.2, 0) is 4.74 Å². The Morgan fingerprint density at radius 2 is 1.91 bits per heavy atom. The minimum atomic E-state index is -0.000349. The highest BCUT2D eigenvalue weighted by Crippen LogP contribution is 2.38. The molecule has 2 saturated heterocycles. The van der Waals surface area contributed by atoms with E-state index in [1.165, 1.54) is 0 Å². The molecule has 5 nitrogen and oxygen atoms in total. The van der Waals surface area contributed by atoms with Crippen LogP contribution in [0.5, 0.6) is 11.5 Å². The van der Waals surface area contributed by atoms with Crippen molar-refractivity contribution < 1.29 is 14.3 Å². The van der Waals surface area contributed by atoms with E-state index in [0.29, 0.717) is 53.2 Å². The Balaban J connectivity index is 1.49. The maximum atomic E-state index is 13.1. The number of nitrogens with zero attached hydrogens (tertiary/aromatic N) is 1. The molecule has 2 heterocycles. The number of carbonyl (C=O) groups is 1. The van der Waals surface area contributed by atoms with Crippen LogP contribution in [0.2, 0.25) is 5.02 Å². The lowest BCUT2D eigenvalue weighted by molar-refractivity contribution is 0.0864. The van der Waals surface area contributed by atoms with Crippen LogP contribution in [0.15, 0.2) is 36.4 Å². The number of carbonyl (C=O) groups excluding carboxylic acids is 1. The van der Waals surface area contributed by atoms with Crippen LogP contribution >= 0.6 is 11.6 Å². The first kappa shape index (κ1) is 24.7. The zero-order chi connectivity index (χ0) is 24.5. The second-order valence-corrected chi connectivity index (χ2v) is 11.3. The van der Waals surface area contributed by atoms with Crippen molar-refractivity contribution in [1.82, 2.24) is 5.32 Å². The Morgan fingerprint density at radius 3 is 2.53 bits per heavy atom. The average Bonchev–Trinajstić information content (AvgIpc) is 3.27. The number of halogens is 1. The zero-order valence-electron chi connectivity index (χ0n) is 20.4. The van der Waals surface area contributed by atoms with Gasteiger partial charge in [-0.1, -0.05) is 23.7 Å². The largest absolute Gasteiger partial charge is 0.454 e. The van der Waals surface area contributed by atoms with Gasteiger partial charge in [-0.05, 0) is 82.7 Å². The molecular formula is C28H33ClN2O3. The standard InChI is InChI=1S/C28H33ClN2O3/c1-27(2)14-18(15-28(3,4)31-27)12-24(32)19-8-9-26(23(29)13-19)34-25-7-5-6-21(22(25)16-30)20-10-11-33-17-20/h5-9,13,18,20,31H,10-12,14-15,17H2,1-4H3. The molecule has 2 aliphatic rings. The molecule has 1 unspecified atom stereocenters. The number of hydrogen-bond donors (Lipinski definition) is 1. The number of nitriles is 1. The van der Waals surface area contributed by atoms with Gasteiger partial charge in [-0.3, -0.25) is 4.79 Å². The lowest BCUT2D eigenvalue weighted by Gasteiger charge is -2.46.